The normalized spacial score (nSPS) is 17.6. The molecule has 3 nitrogen and oxygen atoms in total. The third kappa shape index (κ3) is 31.6. The Morgan fingerprint density at radius 1 is 0.417 bits per heavy atom. The van der Waals surface area contributed by atoms with E-state index in [0.717, 1.165) is 30.9 Å². The zero-order valence-electron chi connectivity index (χ0n) is 33.1. The van der Waals surface area contributed by atoms with Crippen molar-refractivity contribution in [3.8, 4) is 0 Å². The lowest BCUT2D eigenvalue weighted by molar-refractivity contribution is -0.880. The van der Waals surface area contributed by atoms with Gasteiger partial charge in [0, 0.05) is 25.0 Å². The molecule has 1 saturated heterocycles. The van der Waals surface area contributed by atoms with E-state index in [0.29, 0.717) is 11.8 Å². The number of quaternary nitrogens is 1. The minimum Gasteiger partial charge on any atom is -1.00 e. The first kappa shape index (κ1) is 47.7. The van der Waals surface area contributed by atoms with Crippen molar-refractivity contribution in [2.75, 3.05) is 53.6 Å². The van der Waals surface area contributed by atoms with Crippen LogP contribution in [0.25, 0.3) is 0 Å². The quantitative estimate of drug-likeness (QED) is 0.0369. The van der Waals surface area contributed by atoms with Gasteiger partial charge in [0.1, 0.15) is 0 Å². The van der Waals surface area contributed by atoms with E-state index in [1.807, 2.05) is 0 Å². The fourth-order valence-electron chi connectivity index (χ4n) is 7.39. The molecule has 0 spiro atoms. The standard InChI is InChI=1S/C44H86NO2.ClH/c1-5-7-9-11-13-15-17-19-21-23-25-27-29-31-33-35-37-46-41-43-39-45(3,4)40-44(43)42-47-38-36-34-32-30-28-26-24-22-20-18-16-14-12-10-8-6-2;/h19-22,43-44H,5-18,23-42H2,1-4H3;1H/q+1;/p-1/b21-19-,22-20-;/t43-,44-;/m0./s1. The summed E-state index contributed by atoms with van der Waals surface area (Å²) in [7, 11) is 4.76. The van der Waals surface area contributed by atoms with E-state index in [2.05, 4.69) is 52.2 Å². The van der Waals surface area contributed by atoms with Gasteiger partial charge in [-0.25, -0.2) is 0 Å². The maximum absolute atomic E-state index is 6.22. The van der Waals surface area contributed by atoms with Gasteiger partial charge in [-0.05, 0) is 64.2 Å². The van der Waals surface area contributed by atoms with Crippen molar-refractivity contribution >= 4 is 0 Å². The molecule has 0 N–H and O–H groups in total. The highest BCUT2D eigenvalue weighted by Gasteiger charge is 2.40. The third-order valence-electron chi connectivity index (χ3n) is 10.4. The van der Waals surface area contributed by atoms with Crippen LogP contribution in [-0.2, 0) is 9.47 Å². The molecule has 0 aliphatic carbocycles. The second-order valence-electron chi connectivity index (χ2n) is 15.8. The zero-order chi connectivity index (χ0) is 33.9. The van der Waals surface area contributed by atoms with Crippen LogP contribution in [-0.4, -0.2) is 58.1 Å². The van der Waals surface area contributed by atoms with Crippen LogP contribution in [0.5, 0.6) is 0 Å². The molecule has 0 aromatic carbocycles. The van der Waals surface area contributed by atoms with E-state index in [-0.39, 0.29) is 12.4 Å². The summed E-state index contributed by atoms with van der Waals surface area (Å²) >= 11 is 0. The number of nitrogens with zero attached hydrogens (tertiary/aromatic N) is 1. The van der Waals surface area contributed by atoms with E-state index < -0.39 is 0 Å². The summed E-state index contributed by atoms with van der Waals surface area (Å²) in [5.41, 5.74) is 0. The van der Waals surface area contributed by atoms with Gasteiger partial charge in [0.25, 0.3) is 0 Å². The second-order valence-corrected chi connectivity index (χ2v) is 15.8. The van der Waals surface area contributed by atoms with Crippen LogP contribution in [0.4, 0.5) is 0 Å². The van der Waals surface area contributed by atoms with E-state index in [1.165, 1.54) is 193 Å². The Morgan fingerprint density at radius 2 is 0.688 bits per heavy atom. The van der Waals surface area contributed by atoms with Crippen molar-refractivity contribution in [3.05, 3.63) is 24.3 Å². The van der Waals surface area contributed by atoms with Gasteiger partial charge in [-0.2, -0.15) is 0 Å². The van der Waals surface area contributed by atoms with Gasteiger partial charge in [-0.1, -0.05) is 154 Å². The first-order valence-electron chi connectivity index (χ1n) is 21.4. The second kappa shape index (κ2) is 36.4. The molecule has 0 aromatic heterocycles. The summed E-state index contributed by atoms with van der Waals surface area (Å²) < 4.78 is 13.6. The number of hydrogen-bond donors (Lipinski definition) is 0. The molecule has 0 saturated carbocycles. The molecule has 1 heterocycles. The van der Waals surface area contributed by atoms with E-state index in [9.17, 15) is 0 Å². The fraction of sp³-hybridized carbons (Fsp3) is 0.909. The maximum atomic E-state index is 6.22. The highest BCUT2D eigenvalue weighted by Crippen LogP contribution is 2.28. The topological polar surface area (TPSA) is 18.5 Å². The number of halogens is 1. The lowest BCUT2D eigenvalue weighted by Crippen LogP contribution is -3.00. The van der Waals surface area contributed by atoms with Crippen LogP contribution < -0.4 is 12.4 Å². The lowest BCUT2D eigenvalue weighted by atomic mass is 9.98. The maximum Gasteiger partial charge on any atom is 0.0839 e. The summed E-state index contributed by atoms with van der Waals surface area (Å²) in [5.74, 6) is 1.30. The van der Waals surface area contributed by atoms with E-state index in [1.54, 1.807) is 0 Å². The average Bonchev–Trinajstić information content (AvgIpc) is 3.36. The molecule has 1 rings (SSSR count). The van der Waals surface area contributed by atoms with Crippen molar-refractivity contribution in [2.24, 2.45) is 11.8 Å². The number of allylic oxidation sites excluding steroid dienone is 4. The van der Waals surface area contributed by atoms with Gasteiger partial charge in [0.15, 0.2) is 0 Å². The highest BCUT2D eigenvalue weighted by atomic mass is 35.5. The van der Waals surface area contributed by atoms with Crippen LogP contribution in [0.2, 0.25) is 0 Å². The summed E-state index contributed by atoms with van der Waals surface area (Å²) in [5, 5.41) is 0. The molecule has 0 bridgehead atoms. The van der Waals surface area contributed by atoms with Crippen molar-refractivity contribution in [3.63, 3.8) is 0 Å². The molecule has 1 aliphatic heterocycles. The van der Waals surface area contributed by atoms with Crippen molar-refractivity contribution < 1.29 is 26.4 Å². The van der Waals surface area contributed by atoms with Gasteiger partial charge in [0.2, 0.25) is 0 Å². The number of rotatable bonds is 36. The summed E-state index contributed by atoms with van der Waals surface area (Å²) in [6.07, 6.45) is 47.8. The van der Waals surface area contributed by atoms with Crippen molar-refractivity contribution in [2.45, 2.75) is 194 Å². The number of ether oxygens (including phenoxy) is 2. The van der Waals surface area contributed by atoms with Gasteiger partial charge in [-0.15, -0.1) is 0 Å². The largest absolute Gasteiger partial charge is 1.00 e. The molecule has 1 fully saturated rings. The Kier molecular flexibility index (Phi) is 36.2. The predicted octanol–water partition coefficient (Wildman–Crippen LogP) is 10.4. The molecule has 4 heteroatoms. The molecule has 48 heavy (non-hydrogen) atoms. The van der Waals surface area contributed by atoms with Gasteiger partial charge >= 0.3 is 0 Å². The monoisotopic (exact) mass is 696 g/mol. The summed E-state index contributed by atoms with van der Waals surface area (Å²) in [4.78, 5) is 0. The minimum atomic E-state index is 0. The Bertz CT molecular complexity index is 637. The Morgan fingerprint density at radius 3 is 1.00 bits per heavy atom. The van der Waals surface area contributed by atoms with Crippen LogP contribution in [0, 0.1) is 11.8 Å². The Balaban J connectivity index is 0.0000221. The van der Waals surface area contributed by atoms with Gasteiger partial charge in [0.05, 0.1) is 40.4 Å². The van der Waals surface area contributed by atoms with Gasteiger partial charge in [-0.3, -0.25) is 0 Å². The third-order valence-corrected chi connectivity index (χ3v) is 10.4. The Labute approximate surface area is 308 Å². The SMILES string of the molecule is CCCCCCCC/C=C\CCCCCCCCOC[C@@H]1C[N+](C)(C)C[C@H]1COCCCCCCCC/C=C\CCCCCCCC.[Cl-]. The Hall–Kier alpha value is -0.350. The molecular weight excluding hydrogens is 610 g/mol. The average molecular weight is 697 g/mol. The molecule has 286 valence electrons. The lowest BCUT2D eigenvalue weighted by Gasteiger charge is -2.23. The van der Waals surface area contributed by atoms with Crippen molar-refractivity contribution in [1.29, 1.82) is 0 Å². The molecule has 0 radical (unpaired) electrons. The fourth-order valence-corrected chi connectivity index (χ4v) is 7.39. The first-order valence-corrected chi connectivity index (χ1v) is 21.4. The zero-order valence-corrected chi connectivity index (χ0v) is 33.9. The van der Waals surface area contributed by atoms with Gasteiger partial charge < -0.3 is 26.4 Å². The minimum absolute atomic E-state index is 0. The highest BCUT2D eigenvalue weighted by molar-refractivity contribution is 4.82. The molecule has 0 aromatic rings. The van der Waals surface area contributed by atoms with Crippen LogP contribution >= 0.6 is 0 Å². The molecule has 2 atom stereocenters. The molecular formula is C44H86ClNO2. The van der Waals surface area contributed by atoms with E-state index >= 15 is 0 Å². The predicted molar refractivity (Wildman–Crippen MR) is 209 cm³/mol. The molecule has 1 aliphatic rings. The van der Waals surface area contributed by atoms with Crippen LogP contribution in [0.15, 0.2) is 24.3 Å². The number of likely N-dealkylation sites (tertiary alicyclic amines) is 1. The molecule has 0 unspecified atom stereocenters. The van der Waals surface area contributed by atoms with Crippen LogP contribution in [0.3, 0.4) is 0 Å². The smallest absolute Gasteiger partial charge is 0.0839 e. The summed E-state index contributed by atoms with van der Waals surface area (Å²) in [6.45, 7) is 10.8. The number of unbranched alkanes of at least 4 members (excludes halogenated alkanes) is 24. The first-order chi connectivity index (χ1) is 23.1. The van der Waals surface area contributed by atoms with Crippen LogP contribution in [0.1, 0.15) is 194 Å². The number of hydrogen-bond acceptors (Lipinski definition) is 2. The summed E-state index contributed by atoms with van der Waals surface area (Å²) in [6, 6.07) is 0. The van der Waals surface area contributed by atoms with E-state index in [4.69, 9.17) is 9.47 Å². The molecule has 0 amide bonds. The van der Waals surface area contributed by atoms with Crippen molar-refractivity contribution in [1.82, 2.24) is 0 Å².